The van der Waals surface area contributed by atoms with Crippen LogP contribution in [0, 0.1) is 29.1 Å². The van der Waals surface area contributed by atoms with Gasteiger partial charge in [0.15, 0.2) is 18.7 Å². The zero-order chi connectivity index (χ0) is 52.6. The van der Waals surface area contributed by atoms with Gasteiger partial charge in [0.05, 0.1) is 73.3 Å². The number of aliphatic hydroxyl groups is 2. The minimum atomic E-state index is -3.77. The van der Waals surface area contributed by atoms with Gasteiger partial charge in [-0.1, -0.05) is 58.9 Å². The SMILES string of the molecule is CC[C@H]1OC(=O)[C@H](C)[C@@H](OC2CC(C)(C)[C@@H](OC(C)=O)[C@H](C)O2)[C@H](C)[C@@H](O[C@@H]2O[C@H](C)C[C@H](N(C)C)[C@H]2OC(C)=O)[C@](C)(OC/C=C/COS(C)(=O)=O)C[C@@H](C)C(=NOC(C)=O)[C@H](C)[C@@H](O)[C@]1(C)O. The molecule has 3 heterocycles. The van der Waals surface area contributed by atoms with Crippen LogP contribution in [0.5, 0.6) is 0 Å². The highest BCUT2D eigenvalue weighted by molar-refractivity contribution is 7.86. The second-order valence-corrected chi connectivity index (χ2v) is 22.2. The van der Waals surface area contributed by atoms with Crippen molar-refractivity contribution in [3.8, 4) is 0 Å². The highest BCUT2D eigenvalue weighted by atomic mass is 32.2. The monoisotopic (exact) mass is 1010 g/mol. The molecule has 3 saturated heterocycles. The number of nitrogens with zero attached hydrogens (tertiary/aromatic N) is 2. The molecule has 3 aliphatic rings. The van der Waals surface area contributed by atoms with Crippen molar-refractivity contribution in [2.24, 2.45) is 34.2 Å². The number of hydrogen-bond acceptors (Lipinski definition) is 20. The molecule has 2 N–H and O–H groups in total. The van der Waals surface area contributed by atoms with Crippen LogP contribution in [0.4, 0.5) is 0 Å². The van der Waals surface area contributed by atoms with Crippen LogP contribution in [-0.4, -0.2) is 165 Å². The molecule has 3 rings (SSSR count). The summed E-state index contributed by atoms with van der Waals surface area (Å²) in [6.07, 6.45) is -5.39. The molecule has 0 radical (unpaired) electrons. The summed E-state index contributed by atoms with van der Waals surface area (Å²) in [7, 11) is -0.0610. The van der Waals surface area contributed by atoms with E-state index in [4.69, 9.17) is 46.9 Å². The zero-order valence-corrected chi connectivity index (χ0v) is 44.6. The Morgan fingerprint density at radius 1 is 0.855 bits per heavy atom. The lowest BCUT2D eigenvalue weighted by Gasteiger charge is -2.50. The third-order valence-corrected chi connectivity index (χ3v) is 14.1. The Kier molecular flexibility index (Phi) is 21.8. The van der Waals surface area contributed by atoms with E-state index in [9.17, 15) is 37.8 Å². The Balaban J connectivity index is 2.44. The maximum atomic E-state index is 14.7. The maximum absolute atomic E-state index is 14.7. The van der Waals surface area contributed by atoms with Crippen molar-refractivity contribution in [1.82, 2.24) is 4.90 Å². The van der Waals surface area contributed by atoms with E-state index >= 15 is 0 Å². The van der Waals surface area contributed by atoms with E-state index in [1.165, 1.54) is 33.8 Å². The standard InChI is InChI=1S/C48H82N2O18S/c1-18-36-48(14,56)41(54)28(4)38(49-68-34(10)53)26(2)24-47(13,59-21-19-20-22-60-69(17,57)58)42(67-45-40(63-32(8)51)35(50(15)16)23-27(3)61-45)29(5)39(30(6)44(55)65-36)66-37-25-46(11,12)43(31(7)62-37)64-33(9)52/h19-20,26-31,35-37,39-43,45,54,56H,18,21-25H2,1-17H3/b20-19+,49-38?/t26-,27-,28+,29+,30-,31+,35+,36-,37?,39+,40-,41-,42-,43+,45+,47-,48-/m1/s1. The smallest absolute Gasteiger partial charge is 0.331 e. The molecule has 0 aromatic carbocycles. The van der Waals surface area contributed by atoms with E-state index in [1.807, 2.05) is 39.8 Å². The molecule has 0 aromatic heterocycles. The number of ether oxygens (including phenoxy) is 8. The molecule has 69 heavy (non-hydrogen) atoms. The number of esters is 3. The van der Waals surface area contributed by atoms with Gasteiger partial charge in [-0.2, -0.15) is 8.42 Å². The molecule has 3 aliphatic heterocycles. The molecule has 0 bridgehead atoms. The molecule has 1 unspecified atom stereocenters. The molecular weight excluding hydrogens is 925 g/mol. The van der Waals surface area contributed by atoms with E-state index in [0.717, 1.165) is 6.26 Å². The Bertz CT molecular complexity index is 1910. The van der Waals surface area contributed by atoms with Crippen LogP contribution < -0.4 is 0 Å². The van der Waals surface area contributed by atoms with E-state index < -0.39 is 136 Å². The summed E-state index contributed by atoms with van der Waals surface area (Å²) >= 11 is 0. The number of carbonyl (C=O) groups excluding carboxylic acids is 4. The third-order valence-electron chi connectivity index (χ3n) is 13.5. The van der Waals surface area contributed by atoms with Crippen molar-refractivity contribution in [1.29, 1.82) is 0 Å². The third kappa shape index (κ3) is 16.4. The van der Waals surface area contributed by atoms with Gasteiger partial charge < -0.3 is 57.8 Å². The first-order valence-corrected chi connectivity index (χ1v) is 25.7. The van der Waals surface area contributed by atoms with E-state index in [1.54, 1.807) is 54.5 Å². The first kappa shape index (κ1) is 60.2. The Hall–Kier alpha value is -3.12. The van der Waals surface area contributed by atoms with Crippen LogP contribution in [0.2, 0.25) is 0 Å². The molecular formula is C48H82N2O18S. The van der Waals surface area contributed by atoms with Crippen LogP contribution >= 0.6 is 0 Å². The van der Waals surface area contributed by atoms with Crippen molar-refractivity contribution in [3.05, 3.63) is 12.2 Å². The van der Waals surface area contributed by atoms with Crippen molar-refractivity contribution in [3.63, 3.8) is 0 Å². The van der Waals surface area contributed by atoms with Gasteiger partial charge in [0.1, 0.15) is 17.8 Å². The molecule has 0 amide bonds. The molecule has 0 aliphatic carbocycles. The van der Waals surface area contributed by atoms with Gasteiger partial charge in [-0.25, -0.2) is 4.79 Å². The second-order valence-electron chi connectivity index (χ2n) is 20.5. The molecule has 3 fully saturated rings. The number of carbonyl (C=O) groups is 4. The quantitative estimate of drug-likeness (QED) is 0.0574. The first-order valence-electron chi connectivity index (χ1n) is 23.9. The van der Waals surface area contributed by atoms with Gasteiger partial charge >= 0.3 is 23.9 Å². The minimum Gasteiger partial charge on any atom is -0.459 e. The van der Waals surface area contributed by atoms with E-state index in [-0.39, 0.29) is 44.2 Å². The molecule has 21 heteroatoms. The number of hydrogen-bond donors (Lipinski definition) is 2. The van der Waals surface area contributed by atoms with Crippen LogP contribution in [-0.2, 0) is 76.2 Å². The largest absolute Gasteiger partial charge is 0.459 e. The number of rotatable bonds is 15. The zero-order valence-electron chi connectivity index (χ0n) is 43.8. The summed E-state index contributed by atoms with van der Waals surface area (Å²) in [4.78, 5) is 59.2. The molecule has 398 valence electrons. The van der Waals surface area contributed by atoms with Gasteiger partial charge in [0.2, 0.25) is 0 Å². The Morgan fingerprint density at radius 3 is 2.00 bits per heavy atom. The highest BCUT2D eigenvalue weighted by Crippen LogP contribution is 2.44. The molecule has 17 atom stereocenters. The summed E-state index contributed by atoms with van der Waals surface area (Å²) < 4.78 is 80.3. The first-order chi connectivity index (χ1) is 31.8. The second kappa shape index (κ2) is 25.0. The normalized spacial score (nSPS) is 39.1. The molecule has 0 aromatic rings. The number of cyclic esters (lactones) is 1. The lowest BCUT2D eigenvalue weighted by atomic mass is 9.73. The fraction of sp³-hybridized carbons (Fsp3) is 0.854. The molecule has 0 spiro atoms. The highest BCUT2D eigenvalue weighted by Gasteiger charge is 2.54. The van der Waals surface area contributed by atoms with Crippen LogP contribution in [0.3, 0.4) is 0 Å². The van der Waals surface area contributed by atoms with Crippen molar-refractivity contribution in [2.75, 3.05) is 33.6 Å². The fourth-order valence-electron chi connectivity index (χ4n) is 10.1. The van der Waals surface area contributed by atoms with Crippen LogP contribution in [0.15, 0.2) is 17.3 Å². The van der Waals surface area contributed by atoms with Crippen molar-refractivity contribution in [2.45, 2.75) is 201 Å². The van der Waals surface area contributed by atoms with E-state index in [2.05, 4.69) is 5.16 Å². The topological polar surface area (TPSA) is 251 Å². The predicted octanol–water partition coefficient (Wildman–Crippen LogP) is 4.46. The Labute approximate surface area is 409 Å². The summed E-state index contributed by atoms with van der Waals surface area (Å²) in [5.74, 6) is -6.38. The van der Waals surface area contributed by atoms with Crippen molar-refractivity contribution < 1.29 is 84.7 Å². The average Bonchev–Trinajstić information content (AvgIpc) is 3.21. The summed E-state index contributed by atoms with van der Waals surface area (Å²) in [6, 6.07) is -0.380. The van der Waals surface area contributed by atoms with E-state index in [0.29, 0.717) is 6.42 Å². The average molecular weight is 1010 g/mol. The fourth-order valence-corrected chi connectivity index (χ4v) is 10.5. The summed E-state index contributed by atoms with van der Waals surface area (Å²) in [5.41, 5.74) is -4.12. The van der Waals surface area contributed by atoms with Gasteiger partial charge in [0.25, 0.3) is 10.1 Å². The lowest BCUT2D eigenvalue weighted by molar-refractivity contribution is -0.316. The van der Waals surface area contributed by atoms with Crippen LogP contribution in [0.25, 0.3) is 0 Å². The summed E-state index contributed by atoms with van der Waals surface area (Å²) in [5, 5.41) is 28.4. The molecule has 0 saturated carbocycles. The maximum Gasteiger partial charge on any atom is 0.331 e. The lowest BCUT2D eigenvalue weighted by Crippen LogP contribution is -2.61. The van der Waals surface area contributed by atoms with Crippen molar-refractivity contribution >= 4 is 39.7 Å². The van der Waals surface area contributed by atoms with Gasteiger partial charge in [-0.3, -0.25) is 18.6 Å². The number of oxime groups is 1. The minimum absolute atomic E-state index is 0.0105. The number of likely N-dealkylation sites (N-methyl/N-ethyl adjacent to an activating group) is 1. The Morgan fingerprint density at radius 2 is 1.46 bits per heavy atom. The summed E-state index contributed by atoms with van der Waals surface area (Å²) in [6.45, 7) is 22.4. The van der Waals surface area contributed by atoms with Crippen LogP contribution in [0.1, 0.15) is 123 Å². The predicted molar refractivity (Wildman–Crippen MR) is 252 cm³/mol. The van der Waals surface area contributed by atoms with Gasteiger partial charge in [-0.15, -0.1) is 0 Å². The van der Waals surface area contributed by atoms with Gasteiger partial charge in [-0.05, 0) is 68.0 Å². The molecule has 20 nitrogen and oxygen atoms in total. The van der Waals surface area contributed by atoms with Gasteiger partial charge in [0, 0.05) is 50.4 Å². The number of aliphatic hydroxyl groups excluding tert-OH is 1.